The lowest BCUT2D eigenvalue weighted by atomic mass is 10.2. The van der Waals surface area contributed by atoms with Gasteiger partial charge in [0.25, 0.3) is 5.78 Å². The molecule has 0 spiro atoms. The molecule has 0 unspecified atom stereocenters. The molecule has 0 aliphatic heterocycles. The molecule has 0 N–H and O–H groups in total. The number of carbonyl (C=O) groups is 1. The molecular formula is C10H14F3N3O2. The smallest absolute Gasteiger partial charge is 0.456 e. The third kappa shape index (κ3) is 3.22. The zero-order chi connectivity index (χ0) is 13.9. The number of Topliss-reactive ketones (excluding diaryl/α,β-unsaturated/α-hetero) is 1. The summed E-state index contributed by atoms with van der Waals surface area (Å²) in [4.78, 5) is 13.1. The average Bonchev–Trinajstić information content (AvgIpc) is 2.66. The minimum Gasteiger partial charge on any atom is -0.493 e. The molecule has 0 fully saturated rings. The van der Waals surface area contributed by atoms with E-state index in [1.54, 1.807) is 19.0 Å². The van der Waals surface area contributed by atoms with Gasteiger partial charge in [0.2, 0.25) is 0 Å². The monoisotopic (exact) mass is 265 g/mol. The number of rotatable bonds is 5. The Morgan fingerprint density at radius 1 is 1.50 bits per heavy atom. The van der Waals surface area contributed by atoms with Crippen LogP contribution in [0.2, 0.25) is 0 Å². The zero-order valence-corrected chi connectivity index (χ0v) is 10.3. The second-order valence-electron chi connectivity index (χ2n) is 3.91. The van der Waals surface area contributed by atoms with Crippen molar-refractivity contribution in [1.29, 1.82) is 0 Å². The Balaban J connectivity index is 3.06. The first-order valence-electron chi connectivity index (χ1n) is 5.13. The fourth-order valence-corrected chi connectivity index (χ4v) is 1.35. The van der Waals surface area contributed by atoms with Crippen LogP contribution in [0, 0.1) is 0 Å². The molecule has 0 atom stereocenters. The normalized spacial score (nSPS) is 11.9. The van der Waals surface area contributed by atoms with Gasteiger partial charge in [-0.05, 0) is 14.1 Å². The van der Waals surface area contributed by atoms with Crippen LogP contribution < -0.4 is 4.74 Å². The van der Waals surface area contributed by atoms with E-state index in [-0.39, 0.29) is 12.3 Å². The van der Waals surface area contributed by atoms with E-state index in [1.807, 2.05) is 0 Å². The van der Waals surface area contributed by atoms with E-state index in [1.165, 1.54) is 7.11 Å². The third-order valence-corrected chi connectivity index (χ3v) is 2.26. The van der Waals surface area contributed by atoms with Gasteiger partial charge in [0.05, 0.1) is 19.9 Å². The number of carbonyl (C=O) groups excluding carboxylic acids is 1. The van der Waals surface area contributed by atoms with Gasteiger partial charge in [-0.25, -0.2) is 0 Å². The Kier molecular flexibility index (Phi) is 4.33. The van der Waals surface area contributed by atoms with Gasteiger partial charge < -0.3 is 9.64 Å². The molecular weight excluding hydrogens is 251 g/mol. The second kappa shape index (κ2) is 5.38. The summed E-state index contributed by atoms with van der Waals surface area (Å²) < 4.78 is 43.1. The predicted molar refractivity (Wildman–Crippen MR) is 57.7 cm³/mol. The maximum Gasteiger partial charge on any atom is 0.456 e. The summed E-state index contributed by atoms with van der Waals surface area (Å²) in [5.74, 6) is -2.12. The number of aromatic nitrogens is 2. The molecule has 0 aromatic carbocycles. The van der Waals surface area contributed by atoms with Crippen LogP contribution in [0.15, 0.2) is 6.20 Å². The van der Waals surface area contributed by atoms with E-state index in [4.69, 9.17) is 4.74 Å². The van der Waals surface area contributed by atoms with Crippen molar-refractivity contribution in [2.45, 2.75) is 12.7 Å². The van der Waals surface area contributed by atoms with Gasteiger partial charge in [-0.3, -0.25) is 9.48 Å². The topological polar surface area (TPSA) is 47.4 Å². The summed E-state index contributed by atoms with van der Waals surface area (Å²) in [6, 6.07) is 0. The molecule has 0 bridgehead atoms. The van der Waals surface area contributed by atoms with Crippen LogP contribution in [0.4, 0.5) is 13.2 Å². The molecule has 8 heteroatoms. The third-order valence-electron chi connectivity index (χ3n) is 2.26. The van der Waals surface area contributed by atoms with E-state index >= 15 is 0 Å². The molecule has 1 aromatic rings. The molecule has 1 heterocycles. The summed E-state index contributed by atoms with van der Waals surface area (Å²) in [7, 11) is 4.73. The molecule has 0 saturated carbocycles. The van der Waals surface area contributed by atoms with Crippen molar-refractivity contribution in [2.24, 2.45) is 0 Å². The van der Waals surface area contributed by atoms with Crippen molar-refractivity contribution in [3.63, 3.8) is 0 Å². The van der Waals surface area contributed by atoms with Crippen LogP contribution >= 0.6 is 0 Å². The molecule has 1 aromatic heterocycles. The number of halogens is 3. The second-order valence-corrected chi connectivity index (χ2v) is 3.91. The first-order chi connectivity index (χ1) is 8.27. The Bertz CT molecular complexity index is 426. The van der Waals surface area contributed by atoms with E-state index < -0.39 is 17.7 Å². The number of ketones is 1. The molecule has 0 saturated heterocycles. The standard InChI is InChI=1S/C10H14F3N3O2/c1-15(2)4-5-16-8(7(18-3)6-14-16)9(17)10(11,12)13/h6H,4-5H2,1-3H3. The van der Waals surface area contributed by atoms with Crippen LogP contribution in [0.1, 0.15) is 10.5 Å². The van der Waals surface area contributed by atoms with Crippen molar-refractivity contribution in [3.8, 4) is 5.75 Å². The molecule has 102 valence electrons. The van der Waals surface area contributed by atoms with Crippen molar-refractivity contribution in [3.05, 3.63) is 11.9 Å². The highest BCUT2D eigenvalue weighted by molar-refractivity contribution is 6.01. The zero-order valence-electron chi connectivity index (χ0n) is 10.3. The minimum atomic E-state index is -4.94. The molecule has 1 rings (SSSR count). The van der Waals surface area contributed by atoms with E-state index in [9.17, 15) is 18.0 Å². The number of hydrogen-bond donors (Lipinski definition) is 0. The van der Waals surface area contributed by atoms with Crippen LogP contribution in [0.25, 0.3) is 0 Å². The number of hydrogen-bond acceptors (Lipinski definition) is 4. The molecule has 0 radical (unpaired) electrons. The summed E-state index contributed by atoms with van der Waals surface area (Å²) in [6.45, 7) is 0.635. The van der Waals surface area contributed by atoms with Gasteiger partial charge >= 0.3 is 6.18 Å². The molecule has 5 nitrogen and oxygen atoms in total. The Labute approximate surface area is 102 Å². The molecule has 0 amide bonds. The van der Waals surface area contributed by atoms with Crippen LogP contribution in [-0.2, 0) is 6.54 Å². The van der Waals surface area contributed by atoms with Gasteiger partial charge in [-0.15, -0.1) is 0 Å². The first-order valence-corrected chi connectivity index (χ1v) is 5.13. The van der Waals surface area contributed by atoms with Crippen LogP contribution in [-0.4, -0.2) is 54.4 Å². The van der Waals surface area contributed by atoms with Gasteiger partial charge in [-0.1, -0.05) is 0 Å². The average molecular weight is 265 g/mol. The van der Waals surface area contributed by atoms with Crippen molar-refractivity contribution >= 4 is 5.78 Å². The number of alkyl halides is 3. The van der Waals surface area contributed by atoms with Gasteiger partial charge in [0.15, 0.2) is 11.4 Å². The quantitative estimate of drug-likeness (QED) is 0.750. The largest absolute Gasteiger partial charge is 0.493 e. The van der Waals surface area contributed by atoms with Crippen molar-refractivity contribution < 1.29 is 22.7 Å². The molecule has 0 aliphatic rings. The Morgan fingerprint density at radius 3 is 2.56 bits per heavy atom. The molecule has 0 aliphatic carbocycles. The molecule has 18 heavy (non-hydrogen) atoms. The highest BCUT2D eigenvalue weighted by atomic mass is 19.4. The number of nitrogens with zero attached hydrogens (tertiary/aromatic N) is 3. The van der Waals surface area contributed by atoms with Gasteiger partial charge in [0, 0.05) is 6.54 Å². The minimum absolute atomic E-state index is 0.170. The predicted octanol–water partition coefficient (Wildman–Crippen LogP) is 1.20. The maximum atomic E-state index is 12.5. The Morgan fingerprint density at radius 2 is 2.11 bits per heavy atom. The van der Waals surface area contributed by atoms with Crippen molar-refractivity contribution in [2.75, 3.05) is 27.7 Å². The van der Waals surface area contributed by atoms with Gasteiger partial charge in [0.1, 0.15) is 0 Å². The lowest BCUT2D eigenvalue weighted by molar-refractivity contribution is -0.0892. The maximum absolute atomic E-state index is 12.5. The lowest BCUT2D eigenvalue weighted by Crippen LogP contribution is -2.28. The van der Waals surface area contributed by atoms with Crippen molar-refractivity contribution in [1.82, 2.24) is 14.7 Å². The van der Waals surface area contributed by atoms with Crippen LogP contribution in [0.3, 0.4) is 0 Å². The summed E-state index contributed by atoms with van der Waals surface area (Å²) in [6.07, 6.45) is -3.84. The fourth-order valence-electron chi connectivity index (χ4n) is 1.35. The summed E-state index contributed by atoms with van der Waals surface area (Å²) in [5.41, 5.74) is -0.563. The van der Waals surface area contributed by atoms with E-state index in [0.717, 1.165) is 10.9 Å². The number of likely N-dealkylation sites (N-methyl/N-ethyl adjacent to an activating group) is 1. The highest BCUT2D eigenvalue weighted by Crippen LogP contribution is 2.27. The fraction of sp³-hybridized carbons (Fsp3) is 0.600. The summed E-state index contributed by atoms with van der Waals surface area (Å²) in [5, 5.41) is 3.74. The van der Waals surface area contributed by atoms with Gasteiger partial charge in [-0.2, -0.15) is 18.3 Å². The first kappa shape index (κ1) is 14.5. The number of ether oxygens (including phenoxy) is 1. The van der Waals surface area contributed by atoms with E-state index in [0.29, 0.717) is 6.54 Å². The van der Waals surface area contributed by atoms with E-state index in [2.05, 4.69) is 5.10 Å². The SMILES string of the molecule is COc1cnn(CCN(C)C)c1C(=O)C(F)(F)F. The lowest BCUT2D eigenvalue weighted by Gasteiger charge is -2.13. The summed E-state index contributed by atoms with van der Waals surface area (Å²) >= 11 is 0. The highest BCUT2D eigenvalue weighted by Gasteiger charge is 2.43. The Hall–Kier alpha value is -1.57. The number of methoxy groups -OCH3 is 1. The van der Waals surface area contributed by atoms with Crippen LogP contribution in [0.5, 0.6) is 5.75 Å².